The number of thiophene rings is 1. The Kier molecular flexibility index (Phi) is 3.25. The van der Waals surface area contributed by atoms with Crippen molar-refractivity contribution in [3.63, 3.8) is 0 Å². The second-order valence-corrected chi connectivity index (χ2v) is 7.69. The van der Waals surface area contributed by atoms with Crippen molar-refractivity contribution in [2.24, 2.45) is 0 Å². The van der Waals surface area contributed by atoms with Gasteiger partial charge in [0, 0.05) is 11.1 Å². The minimum atomic E-state index is -0.0187. The summed E-state index contributed by atoms with van der Waals surface area (Å²) in [5.74, 6) is 0. The van der Waals surface area contributed by atoms with Gasteiger partial charge in [-0.15, -0.1) is 11.3 Å². The Labute approximate surface area is 148 Å². The molecule has 0 aliphatic heterocycles. The van der Waals surface area contributed by atoms with E-state index in [4.69, 9.17) is 4.98 Å². The quantitative estimate of drug-likeness (QED) is 0.519. The van der Waals surface area contributed by atoms with Crippen molar-refractivity contribution >= 4 is 31.8 Å². The molecule has 3 aromatic heterocycles. The second-order valence-electron chi connectivity index (χ2n) is 6.69. The molecule has 0 atom stereocenters. The summed E-state index contributed by atoms with van der Waals surface area (Å²) in [7, 11) is 0. The molecule has 25 heavy (non-hydrogen) atoms. The van der Waals surface area contributed by atoms with E-state index in [-0.39, 0.29) is 5.56 Å². The maximum atomic E-state index is 13.0. The highest BCUT2D eigenvalue weighted by atomic mass is 32.1. The predicted molar refractivity (Wildman–Crippen MR) is 102 cm³/mol. The van der Waals surface area contributed by atoms with Crippen LogP contribution in [0.1, 0.15) is 29.7 Å². The lowest BCUT2D eigenvalue weighted by atomic mass is 9.95. The third-order valence-corrected chi connectivity index (χ3v) is 6.04. The Morgan fingerprint density at radius 3 is 2.76 bits per heavy atom. The number of aryl methyl sites for hydroxylation is 3. The Bertz CT molecular complexity index is 1170. The van der Waals surface area contributed by atoms with Crippen LogP contribution in [0.3, 0.4) is 0 Å². The van der Waals surface area contributed by atoms with Crippen LogP contribution in [0.4, 0.5) is 0 Å². The molecular formula is C20H17N3OS. The number of benzene rings is 1. The highest BCUT2D eigenvalue weighted by molar-refractivity contribution is 7.25. The molecule has 4 nitrogen and oxygen atoms in total. The third kappa shape index (κ3) is 2.30. The average molecular weight is 347 g/mol. The number of hydrogen-bond donors (Lipinski definition) is 0. The van der Waals surface area contributed by atoms with Crippen LogP contribution in [0, 0.1) is 6.92 Å². The Morgan fingerprint density at radius 1 is 1.12 bits per heavy atom. The summed E-state index contributed by atoms with van der Waals surface area (Å²) in [6.07, 6.45) is 6.18. The maximum absolute atomic E-state index is 13.0. The fourth-order valence-electron chi connectivity index (χ4n) is 3.57. The molecule has 0 amide bonds. The van der Waals surface area contributed by atoms with Crippen molar-refractivity contribution in [2.75, 3.05) is 0 Å². The van der Waals surface area contributed by atoms with E-state index in [1.807, 2.05) is 31.2 Å². The largest absolute Gasteiger partial charge is 0.275 e. The maximum Gasteiger partial charge on any atom is 0.275 e. The molecule has 1 aliphatic carbocycles. The van der Waals surface area contributed by atoms with Crippen LogP contribution in [0.2, 0.25) is 0 Å². The lowest BCUT2D eigenvalue weighted by Crippen LogP contribution is -2.17. The van der Waals surface area contributed by atoms with Gasteiger partial charge in [0.1, 0.15) is 15.9 Å². The first-order chi connectivity index (χ1) is 12.2. The molecule has 0 saturated carbocycles. The number of pyridine rings is 1. The molecule has 0 radical (unpaired) electrons. The van der Waals surface area contributed by atoms with E-state index in [9.17, 15) is 4.79 Å². The van der Waals surface area contributed by atoms with E-state index in [1.54, 1.807) is 10.9 Å². The SMILES string of the molecule is Cc1ccc(-n2cnc3c(sc4nc5c(cc43)CCCC5)c2=O)cc1. The van der Waals surface area contributed by atoms with Crippen molar-refractivity contribution in [1.82, 2.24) is 14.5 Å². The summed E-state index contributed by atoms with van der Waals surface area (Å²) in [4.78, 5) is 23.4. The number of rotatable bonds is 1. The Balaban J connectivity index is 1.77. The van der Waals surface area contributed by atoms with Crippen LogP contribution in [0.5, 0.6) is 0 Å². The van der Waals surface area contributed by atoms with Gasteiger partial charge in [0.05, 0.1) is 11.2 Å². The van der Waals surface area contributed by atoms with Crippen molar-refractivity contribution < 1.29 is 0 Å². The fraction of sp³-hybridized carbons (Fsp3) is 0.250. The Hall–Kier alpha value is -2.53. The van der Waals surface area contributed by atoms with Gasteiger partial charge in [-0.3, -0.25) is 9.36 Å². The van der Waals surface area contributed by atoms with E-state index in [0.29, 0.717) is 4.70 Å². The van der Waals surface area contributed by atoms with Gasteiger partial charge in [-0.1, -0.05) is 17.7 Å². The summed E-state index contributed by atoms with van der Waals surface area (Å²) < 4.78 is 2.31. The van der Waals surface area contributed by atoms with Gasteiger partial charge >= 0.3 is 0 Å². The van der Waals surface area contributed by atoms with Crippen molar-refractivity contribution in [1.29, 1.82) is 0 Å². The van der Waals surface area contributed by atoms with Crippen LogP contribution in [-0.4, -0.2) is 14.5 Å². The molecule has 0 N–H and O–H groups in total. The molecule has 0 fully saturated rings. The summed E-state index contributed by atoms with van der Waals surface area (Å²) in [6.45, 7) is 2.04. The molecule has 0 unspecified atom stereocenters. The van der Waals surface area contributed by atoms with Crippen LogP contribution in [-0.2, 0) is 12.8 Å². The molecule has 124 valence electrons. The minimum absolute atomic E-state index is 0.0187. The molecule has 5 heteroatoms. The Morgan fingerprint density at radius 2 is 1.92 bits per heavy atom. The van der Waals surface area contributed by atoms with E-state index in [1.165, 1.54) is 41.0 Å². The molecule has 1 aliphatic rings. The third-order valence-electron chi connectivity index (χ3n) is 4.96. The number of nitrogens with zero attached hydrogens (tertiary/aromatic N) is 3. The fourth-order valence-corrected chi connectivity index (χ4v) is 4.63. The first-order valence-corrected chi connectivity index (χ1v) is 9.42. The molecule has 1 aromatic carbocycles. The highest BCUT2D eigenvalue weighted by Gasteiger charge is 2.17. The topological polar surface area (TPSA) is 47.8 Å². The monoisotopic (exact) mass is 347 g/mol. The van der Waals surface area contributed by atoms with E-state index in [0.717, 1.165) is 34.3 Å². The van der Waals surface area contributed by atoms with Gasteiger partial charge in [0.2, 0.25) is 0 Å². The van der Waals surface area contributed by atoms with E-state index < -0.39 is 0 Å². The molecule has 3 heterocycles. The molecule has 0 bridgehead atoms. The highest BCUT2D eigenvalue weighted by Crippen LogP contribution is 2.32. The summed E-state index contributed by atoms with van der Waals surface area (Å²) >= 11 is 1.47. The lowest BCUT2D eigenvalue weighted by Gasteiger charge is -2.13. The summed E-state index contributed by atoms with van der Waals surface area (Å²) in [6, 6.07) is 10.1. The second kappa shape index (κ2) is 5.49. The normalized spacial score (nSPS) is 14.1. The molecule has 0 spiro atoms. The summed E-state index contributed by atoms with van der Waals surface area (Å²) in [5.41, 5.74) is 5.30. The van der Waals surface area contributed by atoms with Gasteiger partial charge in [-0.25, -0.2) is 9.97 Å². The number of aromatic nitrogens is 3. The average Bonchev–Trinajstić information content (AvgIpc) is 3.00. The molecule has 0 saturated heterocycles. The number of fused-ring (bicyclic) bond motifs is 4. The van der Waals surface area contributed by atoms with Crippen LogP contribution in [0.25, 0.3) is 26.1 Å². The summed E-state index contributed by atoms with van der Waals surface area (Å²) in [5, 5.41) is 1.02. The molecule has 4 aromatic rings. The zero-order valence-corrected chi connectivity index (χ0v) is 14.8. The van der Waals surface area contributed by atoms with E-state index in [2.05, 4.69) is 11.1 Å². The van der Waals surface area contributed by atoms with Gasteiger partial charge in [0.15, 0.2) is 0 Å². The standard InChI is InChI=1S/C20H17N3OS/c1-12-6-8-14(9-7-12)23-11-21-17-15-10-13-4-2-3-5-16(13)22-19(15)25-18(17)20(23)24/h6-11H,2-5H2,1H3. The van der Waals surface area contributed by atoms with Crippen molar-refractivity contribution in [2.45, 2.75) is 32.6 Å². The zero-order valence-electron chi connectivity index (χ0n) is 14.0. The van der Waals surface area contributed by atoms with Gasteiger partial charge in [-0.2, -0.15) is 0 Å². The first kappa shape index (κ1) is 14.8. The zero-order chi connectivity index (χ0) is 17.0. The van der Waals surface area contributed by atoms with Crippen molar-refractivity contribution in [3.05, 3.63) is 63.8 Å². The smallest absolute Gasteiger partial charge is 0.267 e. The van der Waals surface area contributed by atoms with Crippen LogP contribution >= 0.6 is 11.3 Å². The van der Waals surface area contributed by atoms with Gasteiger partial charge in [0.25, 0.3) is 5.56 Å². The van der Waals surface area contributed by atoms with Gasteiger partial charge in [-0.05, 0) is 56.4 Å². The lowest BCUT2D eigenvalue weighted by molar-refractivity contribution is 0.672. The number of hydrogen-bond acceptors (Lipinski definition) is 4. The van der Waals surface area contributed by atoms with Crippen LogP contribution < -0.4 is 5.56 Å². The first-order valence-electron chi connectivity index (χ1n) is 8.60. The predicted octanol–water partition coefficient (Wildman–Crippen LogP) is 4.18. The van der Waals surface area contributed by atoms with Gasteiger partial charge < -0.3 is 0 Å². The molecule has 5 rings (SSSR count). The van der Waals surface area contributed by atoms with E-state index >= 15 is 0 Å². The molecular weight excluding hydrogens is 330 g/mol. The van der Waals surface area contributed by atoms with Crippen molar-refractivity contribution in [3.8, 4) is 5.69 Å². The minimum Gasteiger partial charge on any atom is -0.267 e. The van der Waals surface area contributed by atoms with Crippen LogP contribution in [0.15, 0.2) is 41.5 Å².